The van der Waals surface area contributed by atoms with Crippen LogP contribution in [-0.2, 0) is 9.59 Å². The zero-order chi connectivity index (χ0) is 36.6. The van der Waals surface area contributed by atoms with Gasteiger partial charge in [-0.3, -0.25) is 9.59 Å². The molecule has 14 heteroatoms. The minimum Gasteiger partial charge on any atom is -0.493 e. The fourth-order valence-electron chi connectivity index (χ4n) is 4.48. The molecule has 0 spiro atoms. The lowest BCUT2D eigenvalue weighted by atomic mass is 10.1. The Morgan fingerprint density at radius 2 is 1.00 bits per heavy atom. The van der Waals surface area contributed by atoms with Crippen molar-refractivity contribution in [1.29, 1.82) is 0 Å². The van der Waals surface area contributed by atoms with E-state index in [2.05, 4.69) is 52.9 Å². The molecule has 0 atom stereocenters. The number of carbonyl (C=O) groups excluding carboxylic acids is 4. The number of hydrazone groups is 2. The topological polar surface area (TPSA) is 154 Å². The summed E-state index contributed by atoms with van der Waals surface area (Å²) in [5.74, 6) is -0.481. The van der Waals surface area contributed by atoms with Crippen LogP contribution in [0.2, 0.25) is 0 Å². The van der Waals surface area contributed by atoms with E-state index in [1.165, 1.54) is 26.6 Å². The second-order valence-electron chi connectivity index (χ2n) is 10.7. The minimum absolute atomic E-state index is 0.236. The van der Waals surface area contributed by atoms with Crippen LogP contribution in [0, 0.1) is 0 Å². The zero-order valence-corrected chi connectivity index (χ0v) is 30.9. The highest BCUT2D eigenvalue weighted by molar-refractivity contribution is 9.10. The molecule has 0 saturated carbocycles. The Morgan fingerprint density at radius 3 is 1.39 bits per heavy atom. The highest BCUT2D eigenvalue weighted by atomic mass is 79.9. The molecular weight excluding hydrogens is 788 g/mol. The first-order chi connectivity index (χ1) is 24.7. The van der Waals surface area contributed by atoms with Crippen molar-refractivity contribution in [3.63, 3.8) is 0 Å². The molecule has 0 saturated heterocycles. The number of unbranched alkanes of at least 4 members (excludes halogenated alkanes) is 2. The molecule has 12 nitrogen and oxygen atoms in total. The number of nitrogens with zero attached hydrogens (tertiary/aromatic N) is 2. The van der Waals surface area contributed by atoms with Crippen molar-refractivity contribution in [2.24, 2.45) is 10.2 Å². The number of methoxy groups -OCH3 is 2. The molecule has 4 aromatic carbocycles. The summed E-state index contributed by atoms with van der Waals surface area (Å²) in [6.07, 6.45) is 5.18. The van der Waals surface area contributed by atoms with Gasteiger partial charge in [-0.05, 0) is 116 Å². The normalized spacial score (nSPS) is 10.9. The smallest absolute Gasteiger partial charge is 0.344 e. The van der Waals surface area contributed by atoms with E-state index in [-0.39, 0.29) is 36.2 Å². The molecule has 2 N–H and O–H groups in total. The van der Waals surface area contributed by atoms with E-state index in [0.717, 1.165) is 0 Å². The Kier molecular flexibility index (Phi) is 14.9. The summed E-state index contributed by atoms with van der Waals surface area (Å²) in [5.41, 5.74) is 6.96. The first-order valence-electron chi connectivity index (χ1n) is 15.6. The second-order valence-corrected chi connectivity index (χ2v) is 12.4. The van der Waals surface area contributed by atoms with Gasteiger partial charge in [0.2, 0.25) is 11.8 Å². The Labute approximate surface area is 311 Å². The molecule has 0 aromatic heterocycles. The number of halogens is 2. The van der Waals surface area contributed by atoms with E-state index in [9.17, 15) is 19.2 Å². The molecule has 0 unspecified atom stereocenters. The highest BCUT2D eigenvalue weighted by Crippen LogP contribution is 2.30. The number of rotatable bonds is 16. The lowest BCUT2D eigenvalue weighted by Crippen LogP contribution is -2.18. The van der Waals surface area contributed by atoms with Gasteiger partial charge in [-0.25, -0.2) is 20.4 Å². The molecule has 4 rings (SSSR count). The number of hydrogen-bond acceptors (Lipinski definition) is 10. The van der Waals surface area contributed by atoms with Crippen molar-refractivity contribution in [2.45, 2.75) is 32.1 Å². The van der Waals surface area contributed by atoms with Crippen molar-refractivity contribution >= 4 is 68.0 Å². The fourth-order valence-corrected chi connectivity index (χ4v) is 5.37. The summed E-state index contributed by atoms with van der Waals surface area (Å²) >= 11 is 6.68. The SMILES string of the molecule is COc1cc(C=NNC(=O)CCCCCC(=O)NN=Cc2ccc(OC(=O)c3ccccc3Br)c(OC)c2)ccc1OC(=O)c1ccccc1Br. The second kappa shape index (κ2) is 19.7. The largest absolute Gasteiger partial charge is 0.493 e. The summed E-state index contributed by atoms with van der Waals surface area (Å²) in [5, 5.41) is 7.98. The average Bonchev–Trinajstić information content (AvgIpc) is 3.12. The molecule has 264 valence electrons. The number of carbonyl (C=O) groups is 4. The van der Waals surface area contributed by atoms with Gasteiger partial charge >= 0.3 is 11.9 Å². The van der Waals surface area contributed by atoms with Gasteiger partial charge in [-0.1, -0.05) is 30.7 Å². The summed E-state index contributed by atoms with van der Waals surface area (Å²) in [4.78, 5) is 49.5. The monoisotopic (exact) mass is 820 g/mol. The van der Waals surface area contributed by atoms with E-state index in [1.54, 1.807) is 84.9 Å². The molecule has 0 radical (unpaired) electrons. The Bertz CT molecular complexity index is 1800. The van der Waals surface area contributed by atoms with E-state index >= 15 is 0 Å². The molecular formula is C37H34Br2N4O8. The number of ether oxygens (including phenoxy) is 4. The molecule has 0 bridgehead atoms. The van der Waals surface area contributed by atoms with Crippen LogP contribution in [0.3, 0.4) is 0 Å². The van der Waals surface area contributed by atoms with Gasteiger partial charge in [-0.2, -0.15) is 10.2 Å². The lowest BCUT2D eigenvalue weighted by molar-refractivity contribution is -0.121. The van der Waals surface area contributed by atoms with Crippen molar-refractivity contribution < 1.29 is 38.1 Å². The number of nitrogens with one attached hydrogen (secondary N) is 2. The number of hydrogen-bond donors (Lipinski definition) is 2. The highest BCUT2D eigenvalue weighted by Gasteiger charge is 2.16. The van der Waals surface area contributed by atoms with Crippen LogP contribution in [0.5, 0.6) is 23.0 Å². The number of benzene rings is 4. The van der Waals surface area contributed by atoms with Gasteiger partial charge in [-0.15, -0.1) is 0 Å². The maximum absolute atomic E-state index is 12.6. The van der Waals surface area contributed by atoms with Gasteiger partial charge in [0.1, 0.15) is 0 Å². The van der Waals surface area contributed by atoms with Crippen molar-refractivity contribution in [2.75, 3.05) is 14.2 Å². The summed E-state index contributed by atoms with van der Waals surface area (Å²) in [6, 6.07) is 23.6. The molecule has 4 aromatic rings. The van der Waals surface area contributed by atoms with Gasteiger partial charge in [0.05, 0.1) is 37.8 Å². The molecule has 2 amide bonds. The van der Waals surface area contributed by atoms with Crippen molar-refractivity contribution in [1.82, 2.24) is 10.9 Å². The van der Waals surface area contributed by atoms with Crippen molar-refractivity contribution in [3.05, 3.63) is 116 Å². The lowest BCUT2D eigenvalue weighted by Gasteiger charge is -2.10. The maximum Gasteiger partial charge on any atom is 0.344 e. The summed E-state index contributed by atoms with van der Waals surface area (Å²) in [7, 11) is 2.91. The molecule has 0 aliphatic rings. The number of esters is 2. The Balaban J connectivity index is 1.13. The predicted molar refractivity (Wildman–Crippen MR) is 199 cm³/mol. The summed E-state index contributed by atoms with van der Waals surface area (Å²) in [6.45, 7) is 0. The van der Waals surface area contributed by atoms with Gasteiger partial charge < -0.3 is 18.9 Å². The molecule has 51 heavy (non-hydrogen) atoms. The van der Waals surface area contributed by atoms with Crippen LogP contribution in [0.25, 0.3) is 0 Å². The Morgan fingerprint density at radius 1 is 0.588 bits per heavy atom. The van der Waals surface area contributed by atoms with E-state index < -0.39 is 11.9 Å². The average molecular weight is 823 g/mol. The molecule has 0 aliphatic carbocycles. The van der Waals surface area contributed by atoms with Crippen LogP contribution < -0.4 is 29.8 Å². The quantitative estimate of drug-likeness (QED) is 0.0395. The third-order valence-corrected chi connectivity index (χ3v) is 8.46. The van der Waals surface area contributed by atoms with Gasteiger partial charge in [0.25, 0.3) is 0 Å². The molecule has 0 aliphatic heterocycles. The van der Waals surface area contributed by atoms with E-state index in [0.29, 0.717) is 62.0 Å². The van der Waals surface area contributed by atoms with Crippen LogP contribution in [0.1, 0.15) is 63.9 Å². The van der Waals surface area contributed by atoms with Crippen LogP contribution in [-0.4, -0.2) is 50.4 Å². The third kappa shape index (κ3) is 11.9. The Hall–Kier alpha value is -5.34. The maximum atomic E-state index is 12.6. The van der Waals surface area contributed by atoms with E-state index in [1.807, 2.05) is 0 Å². The van der Waals surface area contributed by atoms with Crippen LogP contribution >= 0.6 is 31.9 Å². The minimum atomic E-state index is -0.539. The van der Waals surface area contributed by atoms with Gasteiger partial charge in [0.15, 0.2) is 23.0 Å². The third-order valence-electron chi connectivity index (χ3n) is 7.08. The van der Waals surface area contributed by atoms with Gasteiger partial charge in [0, 0.05) is 21.8 Å². The summed E-state index contributed by atoms with van der Waals surface area (Å²) < 4.78 is 22.9. The number of amides is 2. The van der Waals surface area contributed by atoms with Crippen molar-refractivity contribution in [3.8, 4) is 23.0 Å². The van der Waals surface area contributed by atoms with Crippen LogP contribution in [0.15, 0.2) is 104 Å². The first kappa shape index (κ1) is 38.5. The van der Waals surface area contributed by atoms with Crippen LogP contribution in [0.4, 0.5) is 0 Å². The standard InChI is InChI=1S/C37H34Br2N4O8/c1-48-32-20-24(16-18-30(32)50-36(46)26-10-6-8-12-28(26)38)22-40-42-34(44)14-4-3-5-15-35(45)43-41-23-25-17-19-31(33(21-25)49-2)51-37(47)27-11-7-9-13-29(27)39/h6-13,16-23H,3-5,14-15H2,1-2H3,(H,42,44)(H,43,45). The zero-order valence-electron chi connectivity index (χ0n) is 27.7. The predicted octanol–water partition coefficient (Wildman–Crippen LogP) is 7.22. The van der Waals surface area contributed by atoms with E-state index in [4.69, 9.17) is 18.9 Å². The fraction of sp³-hybridized carbons (Fsp3) is 0.189. The molecule has 0 fully saturated rings. The molecule has 0 heterocycles. The first-order valence-corrected chi connectivity index (χ1v) is 17.2.